The first-order chi connectivity index (χ1) is 15.1. The second-order valence-corrected chi connectivity index (χ2v) is 7.97. The quantitative estimate of drug-likeness (QED) is 0.394. The topological polar surface area (TPSA) is 111 Å². The molecule has 4 aromatic rings. The Labute approximate surface area is 187 Å². The largest absolute Gasteiger partial charge is 0.359 e. The number of nitrogens with one attached hydrogen (secondary N) is 2. The van der Waals surface area contributed by atoms with Gasteiger partial charge in [-0.2, -0.15) is 20.3 Å². The third-order valence-electron chi connectivity index (χ3n) is 5.18. The second-order valence-electron chi connectivity index (χ2n) is 7.22. The molecule has 3 heterocycles. The molecular formula is C21H23BrN8O. The number of amides is 1. The Balaban J connectivity index is 1.61. The maximum Gasteiger partial charge on any atom is 0.224 e. The molecule has 0 bridgehead atoms. The maximum atomic E-state index is 11.5. The molecule has 0 saturated carbocycles. The number of fused-ring (bicyclic) bond motifs is 2. The summed E-state index contributed by atoms with van der Waals surface area (Å²) in [4.78, 5) is 20.7. The molecule has 160 valence electrons. The van der Waals surface area contributed by atoms with Gasteiger partial charge in [-0.05, 0) is 59.5 Å². The first kappa shape index (κ1) is 21.1. The Morgan fingerprint density at radius 3 is 2.97 bits per heavy atom. The van der Waals surface area contributed by atoms with E-state index in [1.807, 2.05) is 24.3 Å². The van der Waals surface area contributed by atoms with E-state index < -0.39 is 0 Å². The predicted octanol–water partition coefficient (Wildman–Crippen LogP) is 3.63. The van der Waals surface area contributed by atoms with Crippen molar-refractivity contribution in [3.63, 3.8) is 0 Å². The Morgan fingerprint density at radius 1 is 1.29 bits per heavy atom. The van der Waals surface area contributed by atoms with Crippen LogP contribution in [0.4, 0.5) is 5.95 Å². The zero-order chi connectivity index (χ0) is 21.8. The number of carbonyl (C=O) groups excluding carboxylic acids is 1. The van der Waals surface area contributed by atoms with Crippen LogP contribution in [-0.2, 0) is 4.79 Å². The van der Waals surface area contributed by atoms with Gasteiger partial charge in [0.2, 0.25) is 11.9 Å². The molecule has 0 spiro atoms. The molecule has 0 fully saturated rings. The monoisotopic (exact) mass is 482 g/mol. The molecule has 3 aromatic heterocycles. The van der Waals surface area contributed by atoms with E-state index in [0.717, 1.165) is 41.2 Å². The van der Waals surface area contributed by atoms with Crippen LogP contribution in [0.5, 0.6) is 0 Å². The van der Waals surface area contributed by atoms with E-state index in [1.165, 1.54) is 0 Å². The van der Waals surface area contributed by atoms with E-state index in [4.69, 9.17) is 4.98 Å². The number of nitrogens with zero attached hydrogens (tertiary/aromatic N) is 6. The summed E-state index contributed by atoms with van der Waals surface area (Å²) in [6.07, 6.45) is 6.52. The molecule has 9 nitrogen and oxygen atoms in total. The molecule has 0 aliphatic rings. The number of benzene rings is 1. The molecule has 0 aliphatic carbocycles. The molecule has 0 radical (unpaired) electrons. The van der Waals surface area contributed by atoms with Crippen LogP contribution >= 0.6 is 15.9 Å². The fraction of sp³-hybridized carbons (Fsp3) is 0.333. The van der Waals surface area contributed by atoms with Gasteiger partial charge in [0.05, 0.1) is 22.8 Å². The second kappa shape index (κ2) is 9.34. The Kier molecular flexibility index (Phi) is 6.36. The van der Waals surface area contributed by atoms with Gasteiger partial charge in [0.15, 0.2) is 5.65 Å². The Bertz CT molecular complexity index is 1220. The average Bonchev–Trinajstić information content (AvgIpc) is 3.13. The van der Waals surface area contributed by atoms with Crippen LogP contribution in [0.15, 0.2) is 41.3 Å². The first-order valence-electron chi connectivity index (χ1n) is 10.2. The standard InChI is InChI=1S/C21H23BrN8O/c1-3-14(5-4-6-18(31)23-2)26-21-24-12-16-19(22)29-30(20(16)27-21)15-7-8-17-13(11-15)9-10-25-28-17/h7-12,14H,3-6H2,1-2H3,(H,23,31)(H,24,26,27)/t14-/m0/s1. The minimum absolute atomic E-state index is 0.0580. The fourth-order valence-corrected chi connectivity index (χ4v) is 3.86. The predicted molar refractivity (Wildman–Crippen MR) is 123 cm³/mol. The van der Waals surface area contributed by atoms with Crippen molar-refractivity contribution in [1.29, 1.82) is 0 Å². The van der Waals surface area contributed by atoms with Crippen molar-refractivity contribution in [3.05, 3.63) is 41.3 Å². The van der Waals surface area contributed by atoms with Gasteiger partial charge in [-0.25, -0.2) is 9.67 Å². The van der Waals surface area contributed by atoms with Crippen LogP contribution in [0.3, 0.4) is 0 Å². The van der Waals surface area contributed by atoms with Crippen LogP contribution in [-0.4, -0.2) is 48.9 Å². The summed E-state index contributed by atoms with van der Waals surface area (Å²) >= 11 is 3.52. The minimum Gasteiger partial charge on any atom is -0.359 e. The summed E-state index contributed by atoms with van der Waals surface area (Å²) in [5, 5.41) is 20.5. The van der Waals surface area contributed by atoms with Crippen LogP contribution < -0.4 is 10.6 Å². The summed E-state index contributed by atoms with van der Waals surface area (Å²) in [7, 11) is 1.66. The lowest BCUT2D eigenvalue weighted by Gasteiger charge is -2.16. The number of rotatable bonds is 8. The number of hydrogen-bond acceptors (Lipinski definition) is 7. The van der Waals surface area contributed by atoms with Gasteiger partial charge in [-0.1, -0.05) is 6.92 Å². The minimum atomic E-state index is 0.0580. The van der Waals surface area contributed by atoms with E-state index in [0.29, 0.717) is 22.6 Å². The molecule has 31 heavy (non-hydrogen) atoms. The average molecular weight is 483 g/mol. The van der Waals surface area contributed by atoms with Gasteiger partial charge >= 0.3 is 0 Å². The molecular weight excluding hydrogens is 460 g/mol. The first-order valence-corrected chi connectivity index (χ1v) is 11.0. The van der Waals surface area contributed by atoms with Crippen molar-refractivity contribution < 1.29 is 4.79 Å². The van der Waals surface area contributed by atoms with Crippen LogP contribution in [0.2, 0.25) is 0 Å². The third kappa shape index (κ3) is 4.63. The third-order valence-corrected chi connectivity index (χ3v) is 5.77. The highest BCUT2D eigenvalue weighted by Crippen LogP contribution is 2.26. The highest BCUT2D eigenvalue weighted by molar-refractivity contribution is 9.10. The molecule has 0 unspecified atom stereocenters. The van der Waals surface area contributed by atoms with Crippen molar-refractivity contribution in [3.8, 4) is 5.69 Å². The van der Waals surface area contributed by atoms with E-state index in [9.17, 15) is 4.79 Å². The van der Waals surface area contributed by atoms with Gasteiger partial charge in [-0.3, -0.25) is 4.79 Å². The molecule has 1 atom stereocenters. The van der Waals surface area contributed by atoms with Crippen molar-refractivity contribution in [1.82, 2.24) is 35.3 Å². The van der Waals surface area contributed by atoms with Gasteiger partial charge < -0.3 is 10.6 Å². The summed E-state index contributed by atoms with van der Waals surface area (Å²) in [5.74, 6) is 0.599. The van der Waals surface area contributed by atoms with Crippen molar-refractivity contribution >= 4 is 49.7 Å². The zero-order valence-electron chi connectivity index (χ0n) is 17.3. The normalized spacial score (nSPS) is 12.2. The van der Waals surface area contributed by atoms with Gasteiger partial charge in [0.1, 0.15) is 4.60 Å². The van der Waals surface area contributed by atoms with Crippen LogP contribution in [0, 0.1) is 0 Å². The SMILES string of the molecule is CC[C@@H](CCCC(=O)NC)Nc1ncc2c(Br)nn(-c3ccc4nnccc4c3)c2n1. The Morgan fingerprint density at radius 2 is 2.16 bits per heavy atom. The lowest BCUT2D eigenvalue weighted by atomic mass is 10.1. The molecule has 0 aliphatic heterocycles. The van der Waals surface area contributed by atoms with Crippen LogP contribution in [0.1, 0.15) is 32.6 Å². The van der Waals surface area contributed by atoms with Crippen molar-refractivity contribution in [2.75, 3.05) is 12.4 Å². The number of hydrogen-bond donors (Lipinski definition) is 2. The molecule has 2 N–H and O–H groups in total. The molecule has 0 saturated heterocycles. The van der Waals surface area contributed by atoms with E-state index in [2.05, 4.69) is 53.8 Å². The number of anilines is 1. The summed E-state index contributed by atoms with van der Waals surface area (Å²) in [6, 6.07) is 7.96. The number of carbonyl (C=O) groups is 1. The van der Waals surface area contributed by atoms with Crippen molar-refractivity contribution in [2.24, 2.45) is 0 Å². The summed E-state index contributed by atoms with van der Waals surface area (Å²) in [6.45, 7) is 2.11. The molecule has 1 amide bonds. The van der Waals surface area contributed by atoms with Gasteiger partial charge in [0.25, 0.3) is 0 Å². The smallest absolute Gasteiger partial charge is 0.224 e. The lowest BCUT2D eigenvalue weighted by molar-refractivity contribution is -0.120. The van der Waals surface area contributed by atoms with Gasteiger partial charge in [0, 0.05) is 31.1 Å². The molecule has 4 rings (SSSR count). The van der Waals surface area contributed by atoms with Crippen molar-refractivity contribution in [2.45, 2.75) is 38.6 Å². The van der Waals surface area contributed by atoms with E-state index >= 15 is 0 Å². The molecule has 10 heteroatoms. The maximum absolute atomic E-state index is 11.5. The Hall–Kier alpha value is -3.14. The van der Waals surface area contributed by atoms with E-state index in [-0.39, 0.29) is 11.9 Å². The zero-order valence-corrected chi connectivity index (χ0v) is 18.9. The van der Waals surface area contributed by atoms with Crippen LogP contribution in [0.25, 0.3) is 27.6 Å². The number of halogens is 1. The summed E-state index contributed by atoms with van der Waals surface area (Å²) < 4.78 is 2.47. The highest BCUT2D eigenvalue weighted by atomic mass is 79.9. The molecule has 1 aromatic carbocycles. The van der Waals surface area contributed by atoms with Gasteiger partial charge in [-0.15, -0.1) is 0 Å². The number of aromatic nitrogens is 6. The summed E-state index contributed by atoms with van der Waals surface area (Å²) in [5.41, 5.74) is 2.39. The lowest BCUT2D eigenvalue weighted by Crippen LogP contribution is -2.22. The van der Waals surface area contributed by atoms with E-state index in [1.54, 1.807) is 24.1 Å². The highest BCUT2D eigenvalue weighted by Gasteiger charge is 2.15. The fourth-order valence-electron chi connectivity index (χ4n) is 3.42.